The molecule has 1 aliphatic heterocycles. The van der Waals surface area contributed by atoms with Gasteiger partial charge in [-0.25, -0.2) is 0 Å². The van der Waals surface area contributed by atoms with Crippen LogP contribution in [0.5, 0.6) is 0 Å². The van der Waals surface area contributed by atoms with E-state index in [4.69, 9.17) is 4.98 Å². The first-order chi connectivity index (χ1) is 12.3. The molecule has 4 heteroatoms. The average molecular weight is 396 g/mol. The fourth-order valence-corrected chi connectivity index (χ4v) is 3.84. The van der Waals surface area contributed by atoms with E-state index >= 15 is 0 Å². The van der Waals surface area contributed by atoms with Crippen LogP contribution in [0.1, 0.15) is 23.7 Å². The number of hydrogen-bond acceptors (Lipinski definition) is 3. The number of rotatable bonds is 3. The van der Waals surface area contributed by atoms with Crippen molar-refractivity contribution < 1.29 is 0 Å². The molecule has 1 unspecified atom stereocenters. The highest BCUT2D eigenvalue weighted by Crippen LogP contribution is 2.30. The first kappa shape index (κ1) is 16.7. The second kappa shape index (κ2) is 7.65. The molecule has 0 bridgehead atoms. The molecular weight excluding hydrogens is 374 g/mol. The zero-order chi connectivity index (χ0) is 17.1. The van der Waals surface area contributed by atoms with Gasteiger partial charge in [-0.1, -0.05) is 52.3 Å². The molecular formula is C21H22BrN3. The van der Waals surface area contributed by atoms with Crippen molar-refractivity contribution in [1.29, 1.82) is 0 Å². The summed E-state index contributed by atoms with van der Waals surface area (Å²) in [5, 5.41) is 4.70. The molecule has 25 heavy (non-hydrogen) atoms. The van der Waals surface area contributed by atoms with Gasteiger partial charge in [0.05, 0.1) is 17.3 Å². The third kappa shape index (κ3) is 3.76. The van der Waals surface area contributed by atoms with Crippen LogP contribution in [-0.2, 0) is 0 Å². The second-order valence-corrected chi connectivity index (χ2v) is 7.44. The van der Waals surface area contributed by atoms with Crippen LogP contribution in [0.4, 0.5) is 0 Å². The summed E-state index contributed by atoms with van der Waals surface area (Å²) in [5.41, 5.74) is 3.49. The van der Waals surface area contributed by atoms with Crippen LogP contribution in [0.15, 0.2) is 65.1 Å². The van der Waals surface area contributed by atoms with Crippen molar-refractivity contribution in [2.24, 2.45) is 0 Å². The lowest BCUT2D eigenvalue weighted by atomic mass is 10.00. The molecule has 1 fully saturated rings. The zero-order valence-electron chi connectivity index (χ0n) is 14.2. The van der Waals surface area contributed by atoms with E-state index in [0.29, 0.717) is 0 Å². The fourth-order valence-electron chi connectivity index (χ4n) is 3.57. The fraction of sp³-hybridized carbons (Fsp3) is 0.286. The highest BCUT2D eigenvalue weighted by molar-refractivity contribution is 9.10. The smallest absolute Gasteiger partial charge is 0.0777 e. The van der Waals surface area contributed by atoms with Crippen LogP contribution in [-0.4, -0.2) is 36.1 Å². The quantitative estimate of drug-likeness (QED) is 0.712. The third-order valence-electron chi connectivity index (χ3n) is 4.83. The highest BCUT2D eigenvalue weighted by atomic mass is 79.9. The van der Waals surface area contributed by atoms with Crippen molar-refractivity contribution in [3.05, 3.63) is 76.4 Å². The number of nitrogens with zero attached hydrogens (tertiary/aromatic N) is 2. The highest BCUT2D eigenvalue weighted by Gasteiger charge is 2.24. The molecule has 3 aromatic rings. The second-order valence-electron chi connectivity index (χ2n) is 6.52. The van der Waals surface area contributed by atoms with Gasteiger partial charge in [0.25, 0.3) is 0 Å². The summed E-state index contributed by atoms with van der Waals surface area (Å²) < 4.78 is 1.11. The molecule has 1 N–H and O–H groups in total. The Bertz CT molecular complexity index is 839. The van der Waals surface area contributed by atoms with Crippen molar-refractivity contribution in [2.45, 2.75) is 12.5 Å². The van der Waals surface area contributed by atoms with Crippen LogP contribution in [0.3, 0.4) is 0 Å². The molecule has 0 saturated carbocycles. The van der Waals surface area contributed by atoms with E-state index in [1.54, 1.807) is 0 Å². The largest absolute Gasteiger partial charge is 0.315 e. The molecule has 0 radical (unpaired) electrons. The van der Waals surface area contributed by atoms with E-state index in [1.807, 2.05) is 0 Å². The number of fused-ring (bicyclic) bond motifs is 1. The molecule has 0 aliphatic carbocycles. The predicted octanol–water partition coefficient (Wildman–Crippen LogP) is 4.38. The van der Waals surface area contributed by atoms with Crippen molar-refractivity contribution >= 4 is 26.8 Å². The van der Waals surface area contributed by atoms with Gasteiger partial charge in [0.15, 0.2) is 0 Å². The first-order valence-corrected chi connectivity index (χ1v) is 9.66. The van der Waals surface area contributed by atoms with E-state index in [0.717, 1.165) is 41.9 Å². The van der Waals surface area contributed by atoms with E-state index in [9.17, 15) is 0 Å². The molecule has 0 amide bonds. The maximum Gasteiger partial charge on any atom is 0.0777 e. The molecule has 1 aromatic heterocycles. The molecule has 0 spiro atoms. The van der Waals surface area contributed by atoms with Crippen LogP contribution in [0.2, 0.25) is 0 Å². The summed E-state index contributed by atoms with van der Waals surface area (Å²) in [6.45, 7) is 4.24. The van der Waals surface area contributed by atoms with Gasteiger partial charge in [0.2, 0.25) is 0 Å². The standard InChI is InChI=1S/C21H22BrN3/c22-18-9-6-17(7-10-18)21(25-14-3-12-23-13-15-25)20-11-8-16-4-1-2-5-19(16)24-20/h1-2,4-11,21,23H,3,12-15H2. The lowest BCUT2D eigenvalue weighted by Gasteiger charge is -2.30. The zero-order valence-corrected chi connectivity index (χ0v) is 15.7. The normalized spacial score (nSPS) is 17.3. The van der Waals surface area contributed by atoms with E-state index in [1.165, 1.54) is 17.4 Å². The molecule has 1 aliphatic rings. The van der Waals surface area contributed by atoms with Crippen molar-refractivity contribution in [1.82, 2.24) is 15.2 Å². The Labute approximate surface area is 157 Å². The number of halogens is 1. The summed E-state index contributed by atoms with van der Waals surface area (Å²) in [7, 11) is 0. The third-order valence-corrected chi connectivity index (χ3v) is 5.35. The van der Waals surface area contributed by atoms with Gasteiger partial charge in [-0.3, -0.25) is 9.88 Å². The van der Waals surface area contributed by atoms with Gasteiger partial charge in [0, 0.05) is 29.5 Å². The number of benzene rings is 2. The van der Waals surface area contributed by atoms with Crippen LogP contribution >= 0.6 is 15.9 Å². The minimum absolute atomic E-state index is 0.192. The van der Waals surface area contributed by atoms with E-state index in [2.05, 4.69) is 86.8 Å². The number of para-hydroxylation sites is 1. The predicted molar refractivity (Wildman–Crippen MR) is 107 cm³/mol. The number of nitrogens with one attached hydrogen (secondary N) is 1. The van der Waals surface area contributed by atoms with Gasteiger partial charge in [-0.05, 0) is 42.8 Å². The van der Waals surface area contributed by atoms with E-state index in [-0.39, 0.29) is 6.04 Å². The summed E-state index contributed by atoms with van der Waals surface area (Å²) >= 11 is 3.55. The maximum absolute atomic E-state index is 5.01. The van der Waals surface area contributed by atoms with Gasteiger partial charge in [-0.2, -0.15) is 0 Å². The van der Waals surface area contributed by atoms with Crippen LogP contribution < -0.4 is 5.32 Å². The molecule has 2 heterocycles. The Balaban J connectivity index is 1.78. The lowest BCUT2D eigenvalue weighted by Crippen LogP contribution is -2.33. The minimum atomic E-state index is 0.192. The Kier molecular flexibility index (Phi) is 5.11. The monoisotopic (exact) mass is 395 g/mol. The Morgan fingerprint density at radius 3 is 2.64 bits per heavy atom. The SMILES string of the molecule is Brc1ccc(C(c2ccc3ccccc3n2)N2CCCNCC2)cc1. The number of aromatic nitrogens is 1. The van der Waals surface area contributed by atoms with Gasteiger partial charge in [0.1, 0.15) is 0 Å². The van der Waals surface area contributed by atoms with Crippen molar-refractivity contribution in [3.63, 3.8) is 0 Å². The maximum atomic E-state index is 5.01. The topological polar surface area (TPSA) is 28.2 Å². The number of pyridine rings is 1. The van der Waals surface area contributed by atoms with Crippen molar-refractivity contribution in [3.8, 4) is 0 Å². The molecule has 3 nitrogen and oxygen atoms in total. The lowest BCUT2D eigenvalue weighted by molar-refractivity contribution is 0.237. The van der Waals surface area contributed by atoms with E-state index < -0.39 is 0 Å². The summed E-state index contributed by atoms with van der Waals surface area (Å²) in [4.78, 5) is 7.56. The van der Waals surface area contributed by atoms with Gasteiger partial charge >= 0.3 is 0 Å². The number of hydrogen-bond donors (Lipinski definition) is 1. The van der Waals surface area contributed by atoms with Gasteiger partial charge in [-0.15, -0.1) is 0 Å². The Morgan fingerprint density at radius 1 is 0.920 bits per heavy atom. The molecule has 1 saturated heterocycles. The van der Waals surface area contributed by atoms with Crippen LogP contribution in [0, 0.1) is 0 Å². The summed E-state index contributed by atoms with van der Waals surface area (Å²) in [6, 6.07) is 21.6. The molecule has 4 rings (SSSR count). The Hall–Kier alpha value is -1.75. The molecule has 2 aromatic carbocycles. The van der Waals surface area contributed by atoms with Crippen LogP contribution in [0.25, 0.3) is 10.9 Å². The van der Waals surface area contributed by atoms with Crippen molar-refractivity contribution in [2.75, 3.05) is 26.2 Å². The van der Waals surface area contributed by atoms with Gasteiger partial charge < -0.3 is 5.32 Å². The average Bonchev–Trinajstić information content (AvgIpc) is 2.93. The Morgan fingerprint density at radius 2 is 1.76 bits per heavy atom. The molecule has 1 atom stereocenters. The first-order valence-electron chi connectivity index (χ1n) is 8.87. The summed E-state index contributed by atoms with van der Waals surface area (Å²) in [5.74, 6) is 0. The molecule has 128 valence electrons. The summed E-state index contributed by atoms with van der Waals surface area (Å²) in [6.07, 6.45) is 1.17. The minimum Gasteiger partial charge on any atom is -0.315 e.